The Morgan fingerprint density at radius 1 is 1.00 bits per heavy atom. The third kappa shape index (κ3) is 3.98. The average Bonchev–Trinajstić information content (AvgIpc) is 2.47. The van der Waals surface area contributed by atoms with Crippen LogP contribution < -0.4 is 5.32 Å². The van der Waals surface area contributed by atoms with Crippen molar-refractivity contribution >= 4 is 5.91 Å². The molecule has 2 heterocycles. The molecular formula is C17H33N3O. The number of amides is 1. The number of nitrogens with zero attached hydrogens (tertiary/aromatic N) is 2. The maximum absolute atomic E-state index is 13.1. The number of carbonyl (C=O) groups is 1. The van der Waals surface area contributed by atoms with Gasteiger partial charge in [-0.15, -0.1) is 0 Å². The molecular weight excluding hydrogens is 262 g/mol. The van der Waals surface area contributed by atoms with Gasteiger partial charge >= 0.3 is 0 Å². The van der Waals surface area contributed by atoms with Crippen molar-refractivity contribution in [2.24, 2.45) is 5.41 Å². The maximum Gasteiger partial charge on any atom is 0.254 e. The largest absolute Gasteiger partial charge is 0.301 e. The Hall–Kier alpha value is -0.610. The first-order valence-corrected chi connectivity index (χ1v) is 8.45. The third-order valence-corrected chi connectivity index (χ3v) is 4.53. The number of hydrazine groups is 1. The second-order valence-corrected chi connectivity index (χ2v) is 8.75. The van der Waals surface area contributed by atoms with Crippen LogP contribution in [0.25, 0.3) is 0 Å². The summed E-state index contributed by atoms with van der Waals surface area (Å²) in [7, 11) is 0. The average molecular weight is 295 g/mol. The van der Waals surface area contributed by atoms with Crippen LogP contribution in [0.4, 0.5) is 0 Å². The second kappa shape index (κ2) is 5.88. The number of carbonyl (C=O) groups excluding carboxylic acids is 1. The van der Waals surface area contributed by atoms with Gasteiger partial charge in [-0.1, -0.05) is 20.8 Å². The minimum atomic E-state index is -0.0436. The normalized spacial score (nSPS) is 29.2. The minimum absolute atomic E-state index is 0.0253. The zero-order valence-electron chi connectivity index (χ0n) is 14.7. The summed E-state index contributed by atoms with van der Waals surface area (Å²) in [6.07, 6.45) is 4.35. The molecule has 2 saturated heterocycles. The van der Waals surface area contributed by atoms with Gasteiger partial charge in [0, 0.05) is 18.6 Å². The zero-order valence-corrected chi connectivity index (χ0v) is 14.7. The van der Waals surface area contributed by atoms with Crippen LogP contribution in [0.2, 0.25) is 0 Å². The Morgan fingerprint density at radius 3 is 2.10 bits per heavy atom. The molecule has 4 nitrogen and oxygen atoms in total. The molecule has 0 radical (unpaired) electrons. The summed E-state index contributed by atoms with van der Waals surface area (Å²) in [6, 6.07) is 0.277. The smallest absolute Gasteiger partial charge is 0.254 e. The van der Waals surface area contributed by atoms with Crippen LogP contribution in [-0.2, 0) is 4.79 Å². The van der Waals surface area contributed by atoms with Crippen molar-refractivity contribution in [3.63, 3.8) is 0 Å². The summed E-state index contributed by atoms with van der Waals surface area (Å²) in [4.78, 5) is 13.1. The van der Waals surface area contributed by atoms with Gasteiger partial charge in [0.15, 0.2) is 0 Å². The van der Waals surface area contributed by atoms with Gasteiger partial charge < -0.3 is 5.32 Å². The molecule has 2 unspecified atom stereocenters. The highest BCUT2D eigenvalue weighted by molar-refractivity contribution is 5.82. The molecule has 0 bridgehead atoms. The first-order valence-electron chi connectivity index (χ1n) is 8.45. The van der Waals surface area contributed by atoms with Crippen molar-refractivity contribution in [3.05, 3.63) is 0 Å². The van der Waals surface area contributed by atoms with E-state index in [1.807, 2.05) is 0 Å². The molecule has 0 spiro atoms. The lowest BCUT2D eigenvalue weighted by Crippen LogP contribution is -2.62. The molecule has 0 saturated carbocycles. The van der Waals surface area contributed by atoms with Crippen molar-refractivity contribution in [2.75, 3.05) is 13.1 Å². The van der Waals surface area contributed by atoms with E-state index in [0.29, 0.717) is 6.04 Å². The molecule has 2 aliphatic heterocycles. The van der Waals surface area contributed by atoms with Gasteiger partial charge in [0.25, 0.3) is 5.91 Å². The van der Waals surface area contributed by atoms with Crippen LogP contribution in [-0.4, -0.2) is 46.6 Å². The molecule has 2 atom stereocenters. The molecule has 2 rings (SSSR count). The van der Waals surface area contributed by atoms with Crippen molar-refractivity contribution in [3.8, 4) is 0 Å². The monoisotopic (exact) mass is 295 g/mol. The summed E-state index contributed by atoms with van der Waals surface area (Å²) >= 11 is 0. The second-order valence-electron chi connectivity index (χ2n) is 8.75. The van der Waals surface area contributed by atoms with Crippen LogP contribution in [0.1, 0.15) is 67.2 Å². The summed E-state index contributed by atoms with van der Waals surface area (Å²) in [5.41, 5.74) is 0.105. The van der Waals surface area contributed by atoms with Crippen molar-refractivity contribution in [1.82, 2.24) is 15.3 Å². The summed E-state index contributed by atoms with van der Waals surface area (Å²) in [5.74, 6) is 0.280. The number of rotatable bonds is 1. The fourth-order valence-electron chi connectivity index (χ4n) is 3.62. The Labute approximate surface area is 130 Å². The zero-order chi connectivity index (χ0) is 15.8. The Morgan fingerprint density at radius 2 is 1.57 bits per heavy atom. The first kappa shape index (κ1) is 16.8. The summed E-state index contributed by atoms with van der Waals surface area (Å²) in [5, 5.41) is 7.96. The van der Waals surface area contributed by atoms with Crippen molar-refractivity contribution in [1.29, 1.82) is 0 Å². The van der Waals surface area contributed by atoms with Crippen LogP contribution in [0.15, 0.2) is 0 Å². The lowest BCUT2D eigenvalue weighted by atomic mass is 9.82. The SMILES string of the molecule is CC(C)(C)NC1CCCN2CCCC(C(C)(C)C)N2C1=O. The van der Waals surface area contributed by atoms with E-state index in [1.165, 1.54) is 6.42 Å². The molecule has 0 aliphatic carbocycles. The van der Waals surface area contributed by atoms with E-state index in [0.717, 1.165) is 32.4 Å². The van der Waals surface area contributed by atoms with E-state index >= 15 is 0 Å². The molecule has 122 valence electrons. The van der Waals surface area contributed by atoms with Crippen LogP contribution in [0.3, 0.4) is 0 Å². The third-order valence-electron chi connectivity index (χ3n) is 4.53. The van der Waals surface area contributed by atoms with Gasteiger partial charge in [-0.2, -0.15) is 0 Å². The Balaban J connectivity index is 2.24. The Bertz CT molecular complexity index is 380. The summed E-state index contributed by atoms with van der Waals surface area (Å²) in [6.45, 7) is 15.2. The molecule has 21 heavy (non-hydrogen) atoms. The summed E-state index contributed by atoms with van der Waals surface area (Å²) < 4.78 is 0. The van der Waals surface area contributed by atoms with E-state index in [2.05, 4.69) is 56.9 Å². The molecule has 1 amide bonds. The van der Waals surface area contributed by atoms with Gasteiger partial charge in [-0.3, -0.25) is 9.80 Å². The first-order chi connectivity index (χ1) is 9.59. The predicted octanol–water partition coefficient (Wildman–Crippen LogP) is 2.79. The number of nitrogens with one attached hydrogen (secondary N) is 1. The molecule has 0 aromatic rings. The van der Waals surface area contributed by atoms with Crippen LogP contribution in [0, 0.1) is 5.41 Å². The van der Waals surface area contributed by atoms with Crippen LogP contribution >= 0.6 is 0 Å². The molecule has 4 heteroatoms. The van der Waals surface area contributed by atoms with Gasteiger partial charge in [-0.25, -0.2) is 5.01 Å². The fraction of sp³-hybridized carbons (Fsp3) is 0.941. The molecule has 2 aliphatic rings. The highest BCUT2D eigenvalue weighted by Crippen LogP contribution is 2.34. The van der Waals surface area contributed by atoms with Gasteiger partial charge in [-0.05, 0) is 51.9 Å². The Kier molecular flexibility index (Phi) is 4.69. The van der Waals surface area contributed by atoms with Gasteiger partial charge in [0.1, 0.15) is 0 Å². The van der Waals surface area contributed by atoms with Gasteiger partial charge in [0.2, 0.25) is 0 Å². The predicted molar refractivity (Wildman–Crippen MR) is 86.8 cm³/mol. The highest BCUT2D eigenvalue weighted by Gasteiger charge is 2.43. The van der Waals surface area contributed by atoms with E-state index in [9.17, 15) is 4.79 Å². The quantitative estimate of drug-likeness (QED) is 0.808. The number of hydrogen-bond acceptors (Lipinski definition) is 3. The number of hydrogen-bond donors (Lipinski definition) is 1. The maximum atomic E-state index is 13.1. The van der Waals surface area contributed by atoms with E-state index < -0.39 is 0 Å². The van der Waals surface area contributed by atoms with E-state index in [4.69, 9.17) is 0 Å². The molecule has 0 aromatic carbocycles. The highest BCUT2D eigenvalue weighted by atomic mass is 16.2. The van der Waals surface area contributed by atoms with E-state index in [-0.39, 0.29) is 22.9 Å². The lowest BCUT2D eigenvalue weighted by molar-refractivity contribution is -0.169. The molecule has 0 aromatic heterocycles. The van der Waals surface area contributed by atoms with E-state index in [1.54, 1.807) is 0 Å². The van der Waals surface area contributed by atoms with Crippen molar-refractivity contribution < 1.29 is 4.79 Å². The van der Waals surface area contributed by atoms with Crippen LogP contribution in [0.5, 0.6) is 0 Å². The molecule has 1 N–H and O–H groups in total. The minimum Gasteiger partial charge on any atom is -0.301 e. The van der Waals surface area contributed by atoms with Gasteiger partial charge in [0.05, 0.1) is 12.1 Å². The number of fused-ring (bicyclic) bond motifs is 1. The lowest BCUT2D eigenvalue weighted by Gasteiger charge is -2.49. The van der Waals surface area contributed by atoms with Crippen molar-refractivity contribution in [2.45, 2.75) is 84.8 Å². The molecule has 2 fully saturated rings. The fourth-order valence-corrected chi connectivity index (χ4v) is 3.62. The topological polar surface area (TPSA) is 35.6 Å². The standard InChI is InChI=1S/C17H33N3O/c1-16(2,3)14-10-8-12-19-11-7-9-13(15(21)20(14)19)18-17(4,5)6/h13-14,18H,7-12H2,1-6H3.